The summed E-state index contributed by atoms with van der Waals surface area (Å²) in [7, 11) is 0. The van der Waals surface area contributed by atoms with Crippen LogP contribution < -0.4 is 0 Å². The Morgan fingerprint density at radius 1 is 1.32 bits per heavy atom. The zero-order valence-corrected chi connectivity index (χ0v) is 14.3. The summed E-state index contributed by atoms with van der Waals surface area (Å²) in [5.41, 5.74) is 3.38. The van der Waals surface area contributed by atoms with Gasteiger partial charge in [0.15, 0.2) is 0 Å². The molecule has 0 aromatic heterocycles. The molecule has 1 N–H and O–H groups in total. The van der Waals surface area contributed by atoms with E-state index in [4.69, 9.17) is 0 Å². The Morgan fingerprint density at radius 3 is 2.64 bits per heavy atom. The largest absolute Gasteiger partial charge is 0.391 e. The van der Waals surface area contributed by atoms with Crippen LogP contribution in [0.25, 0.3) is 0 Å². The third kappa shape index (κ3) is 4.10. The molecule has 1 atom stereocenters. The zero-order chi connectivity index (χ0) is 16.3. The summed E-state index contributed by atoms with van der Waals surface area (Å²) in [5.74, 6) is 1.09. The van der Waals surface area contributed by atoms with Gasteiger partial charge in [-0.1, -0.05) is 33.8 Å². The fourth-order valence-corrected chi connectivity index (χ4v) is 3.24. The van der Waals surface area contributed by atoms with Crippen molar-refractivity contribution >= 4 is 5.91 Å². The van der Waals surface area contributed by atoms with Crippen LogP contribution in [-0.2, 0) is 6.42 Å². The molecule has 1 heterocycles. The van der Waals surface area contributed by atoms with E-state index in [1.807, 2.05) is 6.07 Å². The number of carbonyl (C=O) groups excluding carboxylic acids is 1. The molecule has 1 fully saturated rings. The predicted octanol–water partition coefficient (Wildman–Crippen LogP) is 3.61. The summed E-state index contributed by atoms with van der Waals surface area (Å²) >= 11 is 0. The highest BCUT2D eigenvalue weighted by atomic mass is 16.3. The number of benzene rings is 1. The lowest BCUT2D eigenvalue weighted by atomic mass is 9.90. The number of rotatable bonds is 4. The van der Waals surface area contributed by atoms with E-state index in [9.17, 15) is 9.90 Å². The second-order valence-corrected chi connectivity index (χ2v) is 7.21. The molecule has 0 bridgehead atoms. The highest BCUT2D eigenvalue weighted by Gasteiger charge is 2.23. The molecule has 122 valence electrons. The van der Waals surface area contributed by atoms with Crippen molar-refractivity contribution in [2.45, 2.75) is 59.0 Å². The van der Waals surface area contributed by atoms with Crippen molar-refractivity contribution in [3.8, 4) is 0 Å². The van der Waals surface area contributed by atoms with Crippen LogP contribution in [0, 0.1) is 5.92 Å². The molecule has 0 spiro atoms. The number of β-amino-alcohol motifs (C(OH)–C–C–N with tert-alkyl or cyclic N) is 1. The number of amides is 1. The molecular weight excluding hydrogens is 274 g/mol. The number of hydrogen-bond acceptors (Lipinski definition) is 2. The molecule has 3 nitrogen and oxygen atoms in total. The number of carbonyl (C=O) groups is 1. The Morgan fingerprint density at radius 2 is 2.05 bits per heavy atom. The van der Waals surface area contributed by atoms with Crippen molar-refractivity contribution in [2.24, 2.45) is 5.92 Å². The Kier molecular flexibility index (Phi) is 5.63. The van der Waals surface area contributed by atoms with E-state index in [-0.39, 0.29) is 12.0 Å². The molecule has 22 heavy (non-hydrogen) atoms. The first-order valence-corrected chi connectivity index (χ1v) is 8.48. The highest BCUT2D eigenvalue weighted by Crippen LogP contribution is 2.24. The van der Waals surface area contributed by atoms with Gasteiger partial charge in [0.05, 0.1) is 6.10 Å². The van der Waals surface area contributed by atoms with Crippen LogP contribution in [0.5, 0.6) is 0 Å². The monoisotopic (exact) mass is 303 g/mol. The lowest BCUT2D eigenvalue weighted by Crippen LogP contribution is -2.42. The quantitative estimate of drug-likeness (QED) is 0.923. The molecule has 1 aromatic rings. The van der Waals surface area contributed by atoms with Gasteiger partial charge in [0, 0.05) is 18.7 Å². The predicted molar refractivity (Wildman–Crippen MR) is 90.2 cm³/mol. The van der Waals surface area contributed by atoms with E-state index in [1.165, 1.54) is 11.1 Å². The van der Waals surface area contributed by atoms with Gasteiger partial charge in [0.25, 0.3) is 5.91 Å². The number of piperidine rings is 1. The van der Waals surface area contributed by atoms with Crippen molar-refractivity contribution < 1.29 is 9.90 Å². The van der Waals surface area contributed by atoms with Crippen molar-refractivity contribution in [2.75, 3.05) is 13.1 Å². The van der Waals surface area contributed by atoms with E-state index >= 15 is 0 Å². The van der Waals surface area contributed by atoms with E-state index in [0.29, 0.717) is 18.4 Å². The van der Waals surface area contributed by atoms with Gasteiger partial charge < -0.3 is 10.0 Å². The molecule has 1 unspecified atom stereocenters. The Labute approximate surface area is 134 Å². The summed E-state index contributed by atoms with van der Waals surface area (Å²) < 4.78 is 0. The van der Waals surface area contributed by atoms with Crippen LogP contribution >= 0.6 is 0 Å². The van der Waals surface area contributed by atoms with Crippen LogP contribution in [0.3, 0.4) is 0 Å². The normalized spacial score (nSPS) is 19.0. The third-order valence-electron chi connectivity index (χ3n) is 4.32. The number of nitrogens with zero attached hydrogens (tertiary/aromatic N) is 1. The molecule has 1 aromatic carbocycles. The molecule has 3 heteroatoms. The summed E-state index contributed by atoms with van der Waals surface area (Å²) in [5, 5.41) is 9.77. The van der Waals surface area contributed by atoms with Crippen LogP contribution in [0.2, 0.25) is 0 Å². The summed E-state index contributed by atoms with van der Waals surface area (Å²) in [6.45, 7) is 10.0. The number of hydrogen-bond donors (Lipinski definition) is 1. The SMILES string of the molecule is CC(C)Cc1cc(C(=O)N2CCCC(O)C2)ccc1C(C)C. The summed E-state index contributed by atoms with van der Waals surface area (Å²) in [6, 6.07) is 6.12. The second-order valence-electron chi connectivity index (χ2n) is 7.21. The molecule has 0 saturated carbocycles. The maximum atomic E-state index is 12.7. The maximum absolute atomic E-state index is 12.7. The minimum absolute atomic E-state index is 0.0547. The average Bonchev–Trinajstić information content (AvgIpc) is 2.45. The van der Waals surface area contributed by atoms with E-state index in [1.54, 1.807) is 4.90 Å². The lowest BCUT2D eigenvalue weighted by Gasteiger charge is -2.30. The van der Waals surface area contributed by atoms with E-state index < -0.39 is 0 Å². The first-order chi connectivity index (χ1) is 10.4. The van der Waals surface area contributed by atoms with Crippen molar-refractivity contribution in [1.82, 2.24) is 4.90 Å². The van der Waals surface area contributed by atoms with Gasteiger partial charge in [-0.3, -0.25) is 4.79 Å². The van der Waals surface area contributed by atoms with Gasteiger partial charge >= 0.3 is 0 Å². The smallest absolute Gasteiger partial charge is 0.253 e. The van der Waals surface area contributed by atoms with Crippen molar-refractivity contribution in [3.63, 3.8) is 0 Å². The third-order valence-corrected chi connectivity index (χ3v) is 4.32. The standard InChI is InChI=1S/C19H29NO2/c1-13(2)10-16-11-15(7-8-18(16)14(3)4)19(22)20-9-5-6-17(21)12-20/h7-8,11,13-14,17,21H,5-6,9-10,12H2,1-4H3. The van der Waals surface area contributed by atoms with Gasteiger partial charge in [0.1, 0.15) is 0 Å². The summed E-state index contributed by atoms with van der Waals surface area (Å²) in [6.07, 6.45) is 2.31. The average molecular weight is 303 g/mol. The Balaban J connectivity index is 2.25. The number of aliphatic hydroxyl groups excluding tert-OH is 1. The van der Waals surface area contributed by atoms with E-state index in [2.05, 4.69) is 39.8 Å². The van der Waals surface area contributed by atoms with E-state index in [0.717, 1.165) is 31.4 Å². The van der Waals surface area contributed by atoms with Gasteiger partial charge in [-0.25, -0.2) is 0 Å². The minimum atomic E-state index is -0.372. The Hall–Kier alpha value is -1.35. The van der Waals surface area contributed by atoms with Gasteiger partial charge in [-0.2, -0.15) is 0 Å². The second kappa shape index (κ2) is 7.28. The topological polar surface area (TPSA) is 40.5 Å². The van der Waals surface area contributed by atoms with Crippen molar-refractivity contribution in [3.05, 3.63) is 34.9 Å². The molecule has 0 radical (unpaired) electrons. The van der Waals surface area contributed by atoms with Crippen LogP contribution in [0.4, 0.5) is 0 Å². The fourth-order valence-electron chi connectivity index (χ4n) is 3.24. The lowest BCUT2D eigenvalue weighted by molar-refractivity contribution is 0.0473. The van der Waals surface area contributed by atoms with Crippen LogP contribution in [0.1, 0.15) is 67.9 Å². The van der Waals surface area contributed by atoms with Gasteiger partial charge in [-0.05, 0) is 54.4 Å². The maximum Gasteiger partial charge on any atom is 0.253 e. The molecule has 1 amide bonds. The molecule has 1 aliphatic heterocycles. The Bertz CT molecular complexity index is 522. The van der Waals surface area contributed by atoms with Crippen LogP contribution in [-0.4, -0.2) is 35.1 Å². The van der Waals surface area contributed by atoms with Gasteiger partial charge in [0.2, 0.25) is 0 Å². The summed E-state index contributed by atoms with van der Waals surface area (Å²) in [4.78, 5) is 14.5. The first kappa shape index (κ1) is 17.0. The van der Waals surface area contributed by atoms with Crippen molar-refractivity contribution in [1.29, 1.82) is 0 Å². The molecule has 1 saturated heterocycles. The minimum Gasteiger partial charge on any atom is -0.391 e. The molecule has 1 aliphatic rings. The fraction of sp³-hybridized carbons (Fsp3) is 0.632. The number of likely N-dealkylation sites (tertiary alicyclic amines) is 1. The van der Waals surface area contributed by atoms with Gasteiger partial charge in [-0.15, -0.1) is 0 Å². The van der Waals surface area contributed by atoms with Crippen LogP contribution in [0.15, 0.2) is 18.2 Å². The first-order valence-electron chi connectivity index (χ1n) is 8.48. The highest BCUT2D eigenvalue weighted by molar-refractivity contribution is 5.94. The molecule has 0 aliphatic carbocycles. The number of aliphatic hydroxyl groups is 1. The molecule has 2 rings (SSSR count). The zero-order valence-electron chi connectivity index (χ0n) is 14.3. The molecular formula is C19H29NO2.